The van der Waals surface area contributed by atoms with Gasteiger partial charge >= 0.3 is 0 Å². The van der Waals surface area contributed by atoms with Gasteiger partial charge < -0.3 is 14.8 Å². The summed E-state index contributed by atoms with van der Waals surface area (Å²) in [5.74, 6) is 1.29. The average molecular weight is 361 g/mol. The molecule has 1 heterocycles. The summed E-state index contributed by atoms with van der Waals surface area (Å²) in [5, 5.41) is 13.7. The molecule has 0 atom stereocenters. The van der Waals surface area contributed by atoms with Crippen molar-refractivity contribution >= 4 is 22.3 Å². The van der Waals surface area contributed by atoms with Crippen molar-refractivity contribution in [3.05, 3.63) is 53.7 Å². The van der Waals surface area contributed by atoms with E-state index >= 15 is 0 Å². The van der Waals surface area contributed by atoms with E-state index in [2.05, 4.69) is 23.3 Å². The number of unbranched alkanes of at least 4 members (excludes halogenated alkanes) is 1. The van der Waals surface area contributed by atoms with Crippen LogP contribution in [-0.2, 0) is 0 Å². The number of fused-ring (bicyclic) bond motifs is 1. The zero-order chi connectivity index (χ0) is 19.2. The minimum absolute atomic E-state index is 0.477. The molecular formula is C22H23N3O2. The Kier molecular flexibility index (Phi) is 5.77. The highest BCUT2D eigenvalue weighted by molar-refractivity contribution is 5.97. The van der Waals surface area contributed by atoms with Crippen LogP contribution in [-0.4, -0.2) is 18.7 Å². The van der Waals surface area contributed by atoms with Gasteiger partial charge in [-0.1, -0.05) is 31.0 Å². The van der Waals surface area contributed by atoms with E-state index in [9.17, 15) is 5.26 Å². The molecule has 1 N–H and O–H groups in total. The molecule has 138 valence electrons. The van der Waals surface area contributed by atoms with Crippen molar-refractivity contribution in [1.29, 1.82) is 5.26 Å². The third-order valence-electron chi connectivity index (χ3n) is 4.35. The Bertz CT molecular complexity index is 975. The second kappa shape index (κ2) is 8.41. The predicted molar refractivity (Wildman–Crippen MR) is 108 cm³/mol. The minimum Gasteiger partial charge on any atom is -0.493 e. The Morgan fingerprint density at radius 2 is 1.93 bits per heavy atom. The van der Waals surface area contributed by atoms with E-state index in [4.69, 9.17) is 9.47 Å². The first-order valence-electron chi connectivity index (χ1n) is 9.03. The summed E-state index contributed by atoms with van der Waals surface area (Å²) in [6.45, 7) is 4.79. The Morgan fingerprint density at radius 1 is 1.15 bits per heavy atom. The minimum atomic E-state index is 0.477. The molecule has 0 fully saturated rings. The van der Waals surface area contributed by atoms with Crippen molar-refractivity contribution in [1.82, 2.24) is 4.98 Å². The second-order valence-electron chi connectivity index (χ2n) is 6.37. The average Bonchev–Trinajstić information content (AvgIpc) is 2.69. The summed E-state index contributed by atoms with van der Waals surface area (Å²) in [5.41, 5.74) is 4.02. The fourth-order valence-electron chi connectivity index (χ4n) is 2.80. The van der Waals surface area contributed by atoms with Gasteiger partial charge in [-0.3, -0.25) is 4.98 Å². The molecule has 0 aliphatic carbocycles. The fourth-order valence-corrected chi connectivity index (χ4v) is 2.80. The molecule has 3 rings (SSSR count). The molecule has 0 radical (unpaired) electrons. The van der Waals surface area contributed by atoms with Crippen LogP contribution in [0.25, 0.3) is 10.9 Å². The van der Waals surface area contributed by atoms with Gasteiger partial charge in [-0.25, -0.2) is 0 Å². The van der Waals surface area contributed by atoms with E-state index in [0.29, 0.717) is 29.4 Å². The van der Waals surface area contributed by atoms with Crippen LogP contribution in [0.3, 0.4) is 0 Å². The highest BCUT2D eigenvalue weighted by atomic mass is 16.5. The molecule has 0 amide bonds. The Hall–Kier alpha value is -3.26. The van der Waals surface area contributed by atoms with Crippen molar-refractivity contribution in [2.45, 2.75) is 26.7 Å². The highest BCUT2D eigenvalue weighted by Crippen LogP contribution is 2.37. The smallest absolute Gasteiger partial charge is 0.163 e. The molecule has 0 aliphatic rings. The van der Waals surface area contributed by atoms with Crippen LogP contribution in [0.1, 0.15) is 30.9 Å². The summed E-state index contributed by atoms with van der Waals surface area (Å²) in [7, 11) is 1.61. The summed E-state index contributed by atoms with van der Waals surface area (Å²) >= 11 is 0. The lowest BCUT2D eigenvalue weighted by Crippen LogP contribution is -2.01. The first kappa shape index (κ1) is 18.5. The van der Waals surface area contributed by atoms with Gasteiger partial charge in [-0.2, -0.15) is 5.26 Å². The molecule has 2 aromatic carbocycles. The number of aryl methyl sites for hydroxylation is 1. The Balaban J connectivity index is 2.07. The lowest BCUT2D eigenvalue weighted by Gasteiger charge is -2.15. The number of nitrogens with zero attached hydrogens (tertiary/aromatic N) is 2. The predicted octanol–water partition coefficient (Wildman–Crippen LogP) is 5.35. The molecule has 0 aliphatic heterocycles. The number of nitriles is 1. The molecule has 1 aromatic heterocycles. The van der Waals surface area contributed by atoms with Crippen LogP contribution in [0.15, 0.2) is 42.6 Å². The maximum absolute atomic E-state index is 9.54. The number of hydrogen-bond donors (Lipinski definition) is 1. The molecule has 0 spiro atoms. The first-order valence-corrected chi connectivity index (χ1v) is 9.03. The normalized spacial score (nSPS) is 10.4. The third kappa shape index (κ3) is 4.12. The van der Waals surface area contributed by atoms with Crippen molar-refractivity contribution in [2.24, 2.45) is 0 Å². The first-order chi connectivity index (χ1) is 13.2. The van der Waals surface area contributed by atoms with E-state index in [0.717, 1.165) is 29.4 Å². The van der Waals surface area contributed by atoms with Crippen LogP contribution in [0.5, 0.6) is 11.5 Å². The van der Waals surface area contributed by atoms with E-state index in [1.807, 2.05) is 43.3 Å². The van der Waals surface area contributed by atoms with E-state index in [1.165, 1.54) is 5.56 Å². The molecule has 0 saturated carbocycles. The van der Waals surface area contributed by atoms with Gasteiger partial charge in [0, 0.05) is 23.3 Å². The van der Waals surface area contributed by atoms with Crippen LogP contribution < -0.4 is 14.8 Å². The number of methoxy groups -OCH3 is 1. The number of benzene rings is 2. The summed E-state index contributed by atoms with van der Waals surface area (Å²) < 4.78 is 11.4. The van der Waals surface area contributed by atoms with Gasteiger partial charge in [0.1, 0.15) is 6.07 Å². The van der Waals surface area contributed by atoms with Gasteiger partial charge in [-0.15, -0.1) is 0 Å². The molecule has 3 aromatic rings. The standard InChI is InChI=1S/C22H23N3O2/c1-4-5-10-27-21-12-19-18(11-20(21)26-3)22(16(13-23)14-24-19)25-17-8-6-15(2)7-9-17/h6-9,11-12,14H,4-5,10H2,1-3H3,(H,24,25). The van der Waals surface area contributed by atoms with Crippen molar-refractivity contribution in [3.8, 4) is 17.6 Å². The largest absolute Gasteiger partial charge is 0.493 e. The van der Waals surface area contributed by atoms with Crippen molar-refractivity contribution < 1.29 is 9.47 Å². The van der Waals surface area contributed by atoms with Crippen LogP contribution >= 0.6 is 0 Å². The summed E-state index contributed by atoms with van der Waals surface area (Å²) in [6, 6.07) is 14.0. The molecule has 0 saturated heterocycles. The summed E-state index contributed by atoms with van der Waals surface area (Å²) in [6.07, 6.45) is 3.62. The van der Waals surface area contributed by atoms with Crippen molar-refractivity contribution in [3.63, 3.8) is 0 Å². The topological polar surface area (TPSA) is 67.2 Å². The number of anilines is 2. The number of ether oxygens (including phenoxy) is 2. The Morgan fingerprint density at radius 3 is 2.59 bits per heavy atom. The number of aromatic nitrogens is 1. The van der Waals surface area contributed by atoms with Gasteiger partial charge in [0.25, 0.3) is 0 Å². The fraction of sp³-hybridized carbons (Fsp3) is 0.273. The van der Waals surface area contributed by atoms with Crippen LogP contribution in [0.4, 0.5) is 11.4 Å². The SMILES string of the molecule is CCCCOc1cc2ncc(C#N)c(Nc3ccc(C)cc3)c2cc1OC. The van der Waals surface area contributed by atoms with Gasteiger partial charge in [0.15, 0.2) is 11.5 Å². The number of nitrogens with one attached hydrogen (secondary N) is 1. The lowest BCUT2D eigenvalue weighted by atomic mass is 10.1. The molecule has 27 heavy (non-hydrogen) atoms. The molecular weight excluding hydrogens is 338 g/mol. The van der Waals surface area contributed by atoms with E-state index in [-0.39, 0.29) is 0 Å². The monoisotopic (exact) mass is 361 g/mol. The quantitative estimate of drug-likeness (QED) is 0.575. The van der Waals surface area contributed by atoms with Gasteiger partial charge in [0.05, 0.1) is 30.5 Å². The molecule has 5 nitrogen and oxygen atoms in total. The second-order valence-corrected chi connectivity index (χ2v) is 6.37. The maximum Gasteiger partial charge on any atom is 0.163 e. The molecule has 0 bridgehead atoms. The zero-order valence-corrected chi connectivity index (χ0v) is 15.9. The van der Waals surface area contributed by atoms with Crippen LogP contribution in [0, 0.1) is 18.3 Å². The number of hydrogen-bond acceptors (Lipinski definition) is 5. The van der Waals surface area contributed by atoms with E-state index < -0.39 is 0 Å². The van der Waals surface area contributed by atoms with Crippen molar-refractivity contribution in [2.75, 3.05) is 19.0 Å². The molecule has 0 unspecified atom stereocenters. The number of pyridine rings is 1. The maximum atomic E-state index is 9.54. The van der Waals surface area contributed by atoms with Gasteiger partial charge in [-0.05, 0) is 31.5 Å². The number of rotatable bonds is 7. The Labute approximate surface area is 159 Å². The van der Waals surface area contributed by atoms with Crippen LogP contribution in [0.2, 0.25) is 0 Å². The zero-order valence-electron chi connectivity index (χ0n) is 15.9. The third-order valence-corrected chi connectivity index (χ3v) is 4.35. The summed E-state index contributed by atoms with van der Waals surface area (Å²) in [4.78, 5) is 4.43. The van der Waals surface area contributed by atoms with E-state index in [1.54, 1.807) is 13.3 Å². The lowest BCUT2D eigenvalue weighted by molar-refractivity contribution is 0.289. The van der Waals surface area contributed by atoms with Gasteiger partial charge in [0.2, 0.25) is 0 Å². The highest BCUT2D eigenvalue weighted by Gasteiger charge is 2.14. The molecule has 5 heteroatoms.